The molecule has 4 aromatic rings. The van der Waals surface area contributed by atoms with Gasteiger partial charge >= 0.3 is 12.2 Å². The van der Waals surface area contributed by atoms with Crippen LogP contribution in [0.5, 0.6) is 5.75 Å². The zero-order valence-corrected chi connectivity index (χ0v) is 18.9. The normalized spacial score (nSPS) is 11.2. The predicted molar refractivity (Wildman–Crippen MR) is 127 cm³/mol. The van der Waals surface area contributed by atoms with Gasteiger partial charge in [-0.25, -0.2) is 13.9 Å². The molecule has 0 radical (unpaired) electrons. The van der Waals surface area contributed by atoms with Gasteiger partial charge in [0.05, 0.1) is 18.4 Å². The number of halogens is 4. The molecule has 4 N–H and O–H groups in total. The smallest absolute Gasteiger partial charge is 0.416 e. The van der Waals surface area contributed by atoms with Crippen LogP contribution in [0.15, 0.2) is 72.8 Å². The Labute approximate surface area is 203 Å². The van der Waals surface area contributed by atoms with Crippen LogP contribution in [0.1, 0.15) is 11.1 Å². The number of urea groups is 1. The van der Waals surface area contributed by atoms with Gasteiger partial charge in [-0.1, -0.05) is 12.1 Å². The van der Waals surface area contributed by atoms with Crippen LogP contribution in [0, 0.1) is 5.82 Å². The second-order valence-corrected chi connectivity index (χ2v) is 7.73. The topological polar surface area (TPSA) is 94.2 Å². The van der Waals surface area contributed by atoms with Gasteiger partial charge in [0.15, 0.2) is 5.82 Å². The highest BCUT2D eigenvalue weighted by Gasteiger charge is 2.30. The molecule has 0 aliphatic carbocycles. The number of carbonyl (C=O) groups is 1. The number of carbonyl (C=O) groups excluding carboxylic acids is 1. The van der Waals surface area contributed by atoms with Crippen LogP contribution >= 0.6 is 0 Å². The van der Waals surface area contributed by atoms with E-state index < -0.39 is 23.6 Å². The van der Waals surface area contributed by atoms with E-state index in [1.165, 1.54) is 48.2 Å². The molecule has 0 bridgehead atoms. The number of methoxy groups -OCH3 is 1. The van der Waals surface area contributed by atoms with Crippen LogP contribution in [-0.2, 0) is 12.7 Å². The highest BCUT2D eigenvalue weighted by atomic mass is 19.4. The molecule has 0 spiro atoms. The SMILES string of the molecule is COc1ccc(-c2nn(-c3ccc(C(F)(F)F)cc3)c(N)c2NC(=O)NCc2ccc(F)cc2)cc1. The van der Waals surface area contributed by atoms with Crippen LogP contribution in [0.25, 0.3) is 16.9 Å². The van der Waals surface area contributed by atoms with Gasteiger partial charge in [-0.15, -0.1) is 0 Å². The maximum Gasteiger partial charge on any atom is 0.416 e. The lowest BCUT2D eigenvalue weighted by Gasteiger charge is -2.10. The summed E-state index contributed by atoms with van der Waals surface area (Å²) in [4.78, 5) is 12.7. The van der Waals surface area contributed by atoms with E-state index in [2.05, 4.69) is 15.7 Å². The van der Waals surface area contributed by atoms with Gasteiger partial charge in [0.1, 0.15) is 22.9 Å². The van der Waals surface area contributed by atoms with Crippen molar-refractivity contribution < 1.29 is 27.1 Å². The van der Waals surface area contributed by atoms with Gasteiger partial charge in [0.2, 0.25) is 0 Å². The summed E-state index contributed by atoms with van der Waals surface area (Å²) in [5.41, 5.74) is 7.48. The Morgan fingerprint density at radius 2 is 1.64 bits per heavy atom. The summed E-state index contributed by atoms with van der Waals surface area (Å²) in [6.45, 7) is 0.122. The molecule has 186 valence electrons. The van der Waals surface area contributed by atoms with Crippen LogP contribution in [0.2, 0.25) is 0 Å². The number of nitrogens with two attached hydrogens (primary N) is 1. The quantitative estimate of drug-likeness (QED) is 0.301. The van der Waals surface area contributed by atoms with E-state index in [9.17, 15) is 22.4 Å². The van der Waals surface area contributed by atoms with E-state index >= 15 is 0 Å². The molecular weight excluding hydrogens is 478 g/mol. The third kappa shape index (κ3) is 5.40. The summed E-state index contributed by atoms with van der Waals surface area (Å²) in [6.07, 6.45) is -4.49. The van der Waals surface area contributed by atoms with E-state index in [1.807, 2.05) is 0 Å². The maximum atomic E-state index is 13.1. The molecule has 0 aliphatic rings. The van der Waals surface area contributed by atoms with Crippen molar-refractivity contribution in [3.05, 3.63) is 89.7 Å². The molecule has 1 aromatic heterocycles. The average Bonchev–Trinajstić information content (AvgIpc) is 3.19. The van der Waals surface area contributed by atoms with Gasteiger partial charge in [0, 0.05) is 12.1 Å². The van der Waals surface area contributed by atoms with E-state index in [0.29, 0.717) is 22.6 Å². The molecule has 36 heavy (non-hydrogen) atoms. The van der Waals surface area contributed by atoms with Crippen LogP contribution in [0.3, 0.4) is 0 Å². The minimum atomic E-state index is -4.49. The molecule has 1 heterocycles. The summed E-state index contributed by atoms with van der Waals surface area (Å²) in [7, 11) is 1.52. The number of alkyl halides is 3. The zero-order chi connectivity index (χ0) is 25.9. The summed E-state index contributed by atoms with van der Waals surface area (Å²) < 4.78 is 58.5. The van der Waals surface area contributed by atoms with Crippen LogP contribution in [0.4, 0.5) is 33.9 Å². The lowest BCUT2D eigenvalue weighted by Crippen LogP contribution is -2.28. The van der Waals surface area contributed by atoms with Crippen molar-refractivity contribution in [3.63, 3.8) is 0 Å². The van der Waals surface area contributed by atoms with Gasteiger partial charge in [-0.3, -0.25) is 0 Å². The molecule has 0 saturated carbocycles. The van der Waals surface area contributed by atoms with Crippen molar-refractivity contribution in [1.29, 1.82) is 0 Å². The van der Waals surface area contributed by atoms with E-state index in [0.717, 1.165) is 12.1 Å². The van der Waals surface area contributed by atoms with Gasteiger partial charge < -0.3 is 21.1 Å². The number of hydrogen-bond acceptors (Lipinski definition) is 4. The molecule has 0 aliphatic heterocycles. The van der Waals surface area contributed by atoms with Crippen molar-refractivity contribution in [3.8, 4) is 22.7 Å². The lowest BCUT2D eigenvalue weighted by atomic mass is 10.1. The number of rotatable bonds is 6. The number of anilines is 2. The summed E-state index contributed by atoms with van der Waals surface area (Å²) >= 11 is 0. The Kier molecular flexibility index (Phi) is 6.82. The third-order valence-electron chi connectivity index (χ3n) is 5.33. The number of nitrogen functional groups attached to an aromatic ring is 1. The van der Waals surface area contributed by atoms with Crippen molar-refractivity contribution in [2.75, 3.05) is 18.2 Å². The zero-order valence-electron chi connectivity index (χ0n) is 18.9. The number of nitrogens with one attached hydrogen (secondary N) is 2. The molecule has 11 heteroatoms. The lowest BCUT2D eigenvalue weighted by molar-refractivity contribution is -0.137. The van der Waals surface area contributed by atoms with Crippen molar-refractivity contribution >= 4 is 17.5 Å². The summed E-state index contributed by atoms with van der Waals surface area (Å²) in [6, 6.07) is 16.2. The van der Waals surface area contributed by atoms with Gasteiger partial charge in [0.25, 0.3) is 0 Å². The molecule has 2 amide bonds. The van der Waals surface area contributed by atoms with Crippen LogP contribution < -0.4 is 21.1 Å². The number of ether oxygens (including phenoxy) is 1. The largest absolute Gasteiger partial charge is 0.497 e. The molecular formula is C25H21F4N5O2. The number of hydrogen-bond donors (Lipinski definition) is 3. The second kappa shape index (κ2) is 9.98. The Hall–Kier alpha value is -4.54. The third-order valence-corrected chi connectivity index (χ3v) is 5.33. The molecule has 0 unspecified atom stereocenters. The number of aromatic nitrogens is 2. The first-order valence-corrected chi connectivity index (χ1v) is 10.7. The van der Waals surface area contributed by atoms with E-state index in [-0.39, 0.29) is 23.7 Å². The highest BCUT2D eigenvalue weighted by molar-refractivity contribution is 5.97. The summed E-state index contributed by atoms with van der Waals surface area (Å²) in [5, 5.41) is 9.79. The Bertz CT molecular complexity index is 1350. The second-order valence-electron chi connectivity index (χ2n) is 7.73. The standard InChI is InChI=1S/C25H21F4N5O2/c1-36-20-12-4-16(5-13-20)21-22(32-24(35)31-14-15-2-8-18(26)9-3-15)23(30)34(33-21)19-10-6-17(7-11-19)25(27,28)29/h2-13H,14,30H2,1H3,(H2,31,32,35). The first-order valence-electron chi connectivity index (χ1n) is 10.7. The minimum absolute atomic E-state index is 0.0116. The molecule has 7 nitrogen and oxygen atoms in total. The van der Waals surface area contributed by atoms with E-state index in [4.69, 9.17) is 10.5 Å². The van der Waals surface area contributed by atoms with Crippen LogP contribution in [-0.4, -0.2) is 22.9 Å². The van der Waals surface area contributed by atoms with Crippen molar-refractivity contribution in [1.82, 2.24) is 15.1 Å². The fourth-order valence-electron chi connectivity index (χ4n) is 3.44. The Balaban J connectivity index is 1.65. The Morgan fingerprint density at radius 3 is 2.22 bits per heavy atom. The predicted octanol–water partition coefficient (Wildman–Crippen LogP) is 5.61. The molecule has 0 saturated heterocycles. The fourth-order valence-corrected chi connectivity index (χ4v) is 3.44. The maximum absolute atomic E-state index is 13.1. The average molecular weight is 499 g/mol. The summed E-state index contributed by atoms with van der Waals surface area (Å²) in [5.74, 6) is 0.216. The molecule has 0 atom stereocenters. The first kappa shape index (κ1) is 24.6. The monoisotopic (exact) mass is 499 g/mol. The number of benzene rings is 3. The van der Waals surface area contributed by atoms with E-state index in [1.54, 1.807) is 24.3 Å². The number of nitrogens with zero attached hydrogens (tertiary/aromatic N) is 2. The number of amides is 2. The molecule has 4 rings (SSSR count). The van der Waals surface area contributed by atoms with Crippen molar-refractivity contribution in [2.24, 2.45) is 0 Å². The van der Waals surface area contributed by atoms with Gasteiger partial charge in [-0.2, -0.15) is 18.3 Å². The Morgan fingerprint density at radius 1 is 1.00 bits per heavy atom. The van der Waals surface area contributed by atoms with Gasteiger partial charge in [-0.05, 0) is 66.2 Å². The molecule has 0 fully saturated rings. The van der Waals surface area contributed by atoms with Crippen molar-refractivity contribution in [2.45, 2.75) is 12.7 Å². The minimum Gasteiger partial charge on any atom is -0.497 e. The fraction of sp³-hybridized carbons (Fsp3) is 0.120. The molecule has 3 aromatic carbocycles. The first-order chi connectivity index (χ1) is 17.2. The highest BCUT2D eigenvalue weighted by Crippen LogP contribution is 2.36.